The van der Waals surface area contributed by atoms with Crippen molar-refractivity contribution in [1.29, 1.82) is 0 Å². The van der Waals surface area contributed by atoms with Gasteiger partial charge in [-0.2, -0.15) is 0 Å². The van der Waals surface area contributed by atoms with E-state index in [2.05, 4.69) is 57.4 Å². The van der Waals surface area contributed by atoms with Crippen molar-refractivity contribution >= 4 is 44.9 Å². The van der Waals surface area contributed by atoms with Crippen LogP contribution in [0.1, 0.15) is 0 Å². The number of aromatic nitrogens is 3. The molecule has 4 nitrogen and oxygen atoms in total. The van der Waals surface area contributed by atoms with Gasteiger partial charge in [-0.05, 0) is 52.9 Å². The smallest absolute Gasteiger partial charge is 0.307 e. The van der Waals surface area contributed by atoms with E-state index in [-0.39, 0.29) is 21.1 Å². The molecule has 0 fully saturated rings. The Morgan fingerprint density at radius 3 is 2.02 bits per heavy atom. The molecule has 1 atom stereocenters. The maximum Gasteiger partial charge on any atom is 2.00 e. The Hall–Kier alpha value is -4.23. The zero-order valence-corrected chi connectivity index (χ0v) is 25.0. The second-order valence-electron chi connectivity index (χ2n) is 9.66. The summed E-state index contributed by atoms with van der Waals surface area (Å²) >= 11 is 0. The summed E-state index contributed by atoms with van der Waals surface area (Å²) in [5, 5.41) is 5.15. The molecule has 0 saturated carbocycles. The van der Waals surface area contributed by atoms with Gasteiger partial charge in [-0.3, -0.25) is 15.0 Å². The van der Waals surface area contributed by atoms with E-state index in [1.54, 1.807) is 6.20 Å². The van der Waals surface area contributed by atoms with E-state index in [9.17, 15) is 4.57 Å². The van der Waals surface area contributed by atoms with Gasteiger partial charge in [0.1, 0.15) is 5.44 Å². The second kappa shape index (κ2) is 11.3. The Kier molecular flexibility index (Phi) is 7.45. The molecule has 1 unspecified atom stereocenters. The summed E-state index contributed by atoms with van der Waals surface area (Å²) in [6.45, 7) is 0. The molecule has 4 aromatic carbocycles. The topological polar surface area (TPSA) is 55.7 Å². The molecule has 0 N–H and O–H groups in total. The van der Waals surface area contributed by atoms with Crippen molar-refractivity contribution in [3.05, 3.63) is 146 Å². The molecule has 1 aliphatic heterocycles. The Balaban J connectivity index is 0.000000232. The third-order valence-corrected chi connectivity index (χ3v) is 10.3. The number of benzene rings is 4. The van der Waals surface area contributed by atoms with Crippen molar-refractivity contribution in [2.75, 3.05) is 0 Å². The number of hydrogen-bond donors (Lipinski definition) is 0. The standard InChI is InChI=1S/C26H17N2OP.C9H7N.Pt/c29-30(26-11-5-6-14-27-26)24-10-4-3-9-21(24)22-13-12-19(16-25(22)30)23-15-18-7-1-2-8-20(18)17-28-23;1-2-6-9-8(4-1)5-3-7-10-9;/h1-17H;1-7H;/q;;+2. The van der Waals surface area contributed by atoms with Crippen molar-refractivity contribution in [3.8, 4) is 22.4 Å². The van der Waals surface area contributed by atoms with Crippen LogP contribution >= 0.6 is 7.14 Å². The summed E-state index contributed by atoms with van der Waals surface area (Å²) in [4.78, 5) is 13.3. The molecule has 7 aromatic rings. The summed E-state index contributed by atoms with van der Waals surface area (Å²) in [7, 11) is -3.04. The Labute approximate surface area is 252 Å². The van der Waals surface area contributed by atoms with E-state index >= 15 is 0 Å². The van der Waals surface area contributed by atoms with E-state index in [0.29, 0.717) is 5.44 Å². The third kappa shape index (κ3) is 4.84. The molecule has 1 aliphatic rings. The maximum absolute atomic E-state index is 14.6. The van der Waals surface area contributed by atoms with Crippen LogP contribution < -0.4 is 16.0 Å². The van der Waals surface area contributed by atoms with Crippen LogP contribution in [0.15, 0.2) is 146 Å². The fourth-order valence-electron chi connectivity index (χ4n) is 5.33. The quantitative estimate of drug-likeness (QED) is 0.178. The molecule has 0 bridgehead atoms. The van der Waals surface area contributed by atoms with Crippen molar-refractivity contribution in [3.63, 3.8) is 0 Å². The van der Waals surface area contributed by atoms with Crippen molar-refractivity contribution < 1.29 is 25.6 Å². The maximum atomic E-state index is 14.6. The molecule has 198 valence electrons. The monoisotopic (exact) mass is 728 g/mol. The predicted molar refractivity (Wildman–Crippen MR) is 165 cm³/mol. The summed E-state index contributed by atoms with van der Waals surface area (Å²) < 4.78 is 14.6. The minimum absolute atomic E-state index is 0. The molecular formula is C35H24N3OPPt+2. The number of hydrogen-bond acceptors (Lipinski definition) is 4. The minimum Gasteiger partial charge on any atom is -0.307 e. The average molecular weight is 729 g/mol. The fraction of sp³-hybridized carbons (Fsp3) is 0. The average Bonchev–Trinajstić information content (AvgIpc) is 3.30. The van der Waals surface area contributed by atoms with Gasteiger partial charge < -0.3 is 4.57 Å². The van der Waals surface area contributed by atoms with Gasteiger partial charge in [0.05, 0.1) is 11.2 Å². The first kappa shape index (κ1) is 27.0. The first-order chi connectivity index (χ1) is 19.7. The predicted octanol–water partition coefficient (Wildman–Crippen LogP) is 7.15. The van der Waals surface area contributed by atoms with Crippen LogP contribution in [0.4, 0.5) is 0 Å². The van der Waals surface area contributed by atoms with Crippen LogP contribution in [-0.2, 0) is 25.6 Å². The van der Waals surface area contributed by atoms with Gasteiger partial charge in [0.15, 0.2) is 7.14 Å². The molecule has 0 radical (unpaired) electrons. The second-order valence-corrected chi connectivity index (χ2v) is 12.3. The molecule has 0 aliphatic carbocycles. The molecule has 6 heteroatoms. The van der Waals surface area contributed by atoms with Gasteiger partial charge in [-0.1, -0.05) is 91.0 Å². The van der Waals surface area contributed by atoms with E-state index in [1.165, 1.54) is 5.39 Å². The molecule has 4 heterocycles. The van der Waals surface area contributed by atoms with E-state index < -0.39 is 7.14 Å². The number of pyridine rings is 3. The van der Waals surface area contributed by atoms with Crippen LogP contribution in [0, 0.1) is 0 Å². The number of fused-ring (bicyclic) bond motifs is 5. The zero-order chi connectivity index (χ0) is 26.9. The minimum atomic E-state index is -3.04. The van der Waals surface area contributed by atoms with Crippen molar-refractivity contribution in [2.24, 2.45) is 0 Å². The van der Waals surface area contributed by atoms with Crippen LogP contribution in [0.2, 0.25) is 0 Å². The van der Waals surface area contributed by atoms with Crippen LogP contribution in [0.25, 0.3) is 44.1 Å². The largest absolute Gasteiger partial charge is 2.00 e. The molecule has 8 rings (SSSR count). The van der Waals surface area contributed by atoms with Gasteiger partial charge in [0, 0.05) is 45.5 Å². The molecule has 0 spiro atoms. The number of nitrogens with zero attached hydrogens (tertiary/aromatic N) is 3. The number of rotatable bonds is 2. The van der Waals surface area contributed by atoms with Crippen molar-refractivity contribution in [1.82, 2.24) is 15.0 Å². The summed E-state index contributed by atoms with van der Waals surface area (Å²) in [6, 6.07) is 42.1. The molecular weight excluding hydrogens is 704 g/mol. The van der Waals surface area contributed by atoms with Gasteiger partial charge in [0.25, 0.3) is 0 Å². The Morgan fingerprint density at radius 2 is 1.20 bits per heavy atom. The van der Waals surface area contributed by atoms with Gasteiger partial charge in [0.2, 0.25) is 0 Å². The fourth-order valence-corrected chi connectivity index (χ4v) is 8.29. The SMILES string of the molecule is O=P1(c2ccccn2)c2ccccc2-c2ccc(-c3cc4ccccc4cn3)cc21.[Pt+2].c1ccc2ncccc2c1. The first-order valence-corrected chi connectivity index (χ1v) is 14.8. The Morgan fingerprint density at radius 1 is 0.512 bits per heavy atom. The molecule has 3 aromatic heterocycles. The summed E-state index contributed by atoms with van der Waals surface area (Å²) in [6.07, 6.45) is 5.41. The van der Waals surface area contributed by atoms with E-state index in [0.717, 1.165) is 49.3 Å². The van der Waals surface area contributed by atoms with E-state index in [1.807, 2.05) is 97.3 Å². The molecule has 0 amide bonds. The van der Waals surface area contributed by atoms with Gasteiger partial charge in [-0.15, -0.1) is 0 Å². The zero-order valence-electron chi connectivity index (χ0n) is 21.9. The van der Waals surface area contributed by atoms with Gasteiger partial charge in [-0.25, -0.2) is 0 Å². The Bertz CT molecular complexity index is 2000. The van der Waals surface area contributed by atoms with E-state index in [4.69, 9.17) is 0 Å². The molecule has 0 saturated heterocycles. The number of para-hydroxylation sites is 1. The van der Waals surface area contributed by atoms with Crippen molar-refractivity contribution in [2.45, 2.75) is 0 Å². The van der Waals surface area contributed by atoms with Crippen LogP contribution in [0.3, 0.4) is 0 Å². The third-order valence-electron chi connectivity index (χ3n) is 7.28. The molecule has 41 heavy (non-hydrogen) atoms. The summed E-state index contributed by atoms with van der Waals surface area (Å²) in [5.41, 5.74) is 5.57. The summed E-state index contributed by atoms with van der Waals surface area (Å²) in [5.74, 6) is 0. The first-order valence-electron chi connectivity index (χ1n) is 13.1. The van der Waals surface area contributed by atoms with Gasteiger partial charge >= 0.3 is 21.1 Å². The normalized spacial score (nSPS) is 14.8. The van der Waals surface area contributed by atoms with Crippen LogP contribution in [-0.4, -0.2) is 15.0 Å². The van der Waals surface area contributed by atoms with Crippen LogP contribution in [0.5, 0.6) is 0 Å².